The summed E-state index contributed by atoms with van der Waals surface area (Å²) in [5, 5.41) is 6.99. The second-order valence-electron chi connectivity index (χ2n) is 6.59. The first kappa shape index (κ1) is 14.4. The van der Waals surface area contributed by atoms with E-state index in [9.17, 15) is 4.79 Å². The number of benzene rings is 1. The maximum absolute atomic E-state index is 12.2. The number of rotatable bonds is 4. The molecule has 0 saturated carbocycles. The summed E-state index contributed by atoms with van der Waals surface area (Å²) in [5.74, 6) is 1.13. The van der Waals surface area contributed by atoms with Gasteiger partial charge < -0.3 is 9.84 Å². The lowest BCUT2D eigenvalue weighted by Gasteiger charge is -2.18. The first-order chi connectivity index (χ1) is 11.2. The van der Waals surface area contributed by atoms with E-state index in [1.807, 2.05) is 6.92 Å². The topological polar surface area (TPSA) is 68.0 Å². The van der Waals surface area contributed by atoms with Gasteiger partial charge in [-0.3, -0.25) is 4.79 Å². The molecule has 0 radical (unpaired) electrons. The third kappa shape index (κ3) is 2.35. The molecule has 4 rings (SSSR count). The van der Waals surface area contributed by atoms with Crippen LogP contribution >= 0.6 is 0 Å². The van der Waals surface area contributed by atoms with Crippen molar-refractivity contribution < 1.29 is 9.32 Å². The van der Waals surface area contributed by atoms with Crippen molar-refractivity contribution in [2.45, 2.75) is 50.9 Å². The molecule has 1 aliphatic heterocycles. The molecule has 120 valence electrons. The third-order valence-corrected chi connectivity index (χ3v) is 5.28. The lowest BCUT2D eigenvalue weighted by molar-refractivity contribution is -0.124. The molecule has 1 aliphatic carbocycles. The number of aromatic nitrogens is 2. The molecule has 5 nitrogen and oxygen atoms in total. The van der Waals surface area contributed by atoms with Crippen molar-refractivity contribution in [1.82, 2.24) is 15.5 Å². The summed E-state index contributed by atoms with van der Waals surface area (Å²) in [4.78, 5) is 16.7. The highest BCUT2D eigenvalue weighted by Gasteiger charge is 2.47. The monoisotopic (exact) mass is 311 g/mol. The first-order valence-electron chi connectivity index (χ1n) is 8.43. The molecule has 1 amide bonds. The minimum atomic E-state index is -0.636. The van der Waals surface area contributed by atoms with Crippen LogP contribution in [0.1, 0.15) is 54.6 Å². The maximum Gasteiger partial charge on any atom is 0.242 e. The van der Waals surface area contributed by atoms with Gasteiger partial charge in [0.1, 0.15) is 5.41 Å². The molecule has 1 aromatic heterocycles. The highest BCUT2D eigenvalue weighted by Crippen LogP contribution is 2.34. The summed E-state index contributed by atoms with van der Waals surface area (Å²) in [6.07, 6.45) is 5.66. The minimum Gasteiger partial charge on any atom is -0.355 e. The highest BCUT2D eigenvalue weighted by atomic mass is 16.5. The Kier molecular flexibility index (Phi) is 3.43. The van der Waals surface area contributed by atoms with Crippen LogP contribution in [-0.2, 0) is 29.5 Å². The van der Waals surface area contributed by atoms with Gasteiger partial charge in [-0.1, -0.05) is 30.3 Å². The van der Waals surface area contributed by atoms with Crippen molar-refractivity contribution in [2.24, 2.45) is 0 Å². The summed E-state index contributed by atoms with van der Waals surface area (Å²) in [6, 6.07) is 6.63. The van der Waals surface area contributed by atoms with Crippen LogP contribution in [-0.4, -0.2) is 22.6 Å². The lowest BCUT2D eigenvalue weighted by Crippen LogP contribution is -2.35. The van der Waals surface area contributed by atoms with Gasteiger partial charge in [-0.25, -0.2) is 0 Å². The molecule has 2 heterocycles. The predicted octanol–water partition coefficient (Wildman–Crippen LogP) is 2.32. The molecule has 1 atom stereocenters. The number of nitrogens with zero attached hydrogens (tertiary/aromatic N) is 2. The zero-order valence-corrected chi connectivity index (χ0v) is 13.4. The van der Waals surface area contributed by atoms with Crippen molar-refractivity contribution in [3.63, 3.8) is 0 Å². The highest BCUT2D eigenvalue weighted by molar-refractivity contribution is 5.89. The van der Waals surface area contributed by atoms with Crippen molar-refractivity contribution in [2.75, 3.05) is 6.54 Å². The van der Waals surface area contributed by atoms with Crippen LogP contribution in [0.2, 0.25) is 0 Å². The largest absolute Gasteiger partial charge is 0.355 e. The van der Waals surface area contributed by atoms with Gasteiger partial charge in [0.05, 0.1) is 0 Å². The number of fused-ring (bicyclic) bond motifs is 1. The Morgan fingerprint density at radius 2 is 2.17 bits per heavy atom. The van der Waals surface area contributed by atoms with E-state index < -0.39 is 5.41 Å². The number of hydrogen-bond donors (Lipinski definition) is 1. The Morgan fingerprint density at radius 3 is 2.96 bits per heavy atom. The molecular formula is C18H21N3O2. The summed E-state index contributed by atoms with van der Waals surface area (Å²) in [5.41, 5.74) is 3.49. The van der Waals surface area contributed by atoms with Gasteiger partial charge in [0.2, 0.25) is 11.8 Å². The van der Waals surface area contributed by atoms with E-state index in [2.05, 4.69) is 33.7 Å². The quantitative estimate of drug-likeness (QED) is 0.941. The fraction of sp³-hybridized carbons (Fsp3) is 0.500. The summed E-state index contributed by atoms with van der Waals surface area (Å²) in [7, 11) is 0. The van der Waals surface area contributed by atoms with E-state index in [0.717, 1.165) is 6.42 Å². The molecule has 1 saturated heterocycles. The Labute approximate surface area is 135 Å². The fourth-order valence-corrected chi connectivity index (χ4v) is 3.80. The molecule has 2 aliphatic rings. The summed E-state index contributed by atoms with van der Waals surface area (Å²) < 4.78 is 5.46. The average Bonchev–Trinajstić information content (AvgIpc) is 3.27. The molecule has 0 spiro atoms. The van der Waals surface area contributed by atoms with Crippen LogP contribution in [0.3, 0.4) is 0 Å². The molecule has 23 heavy (non-hydrogen) atoms. The van der Waals surface area contributed by atoms with Crippen molar-refractivity contribution in [3.8, 4) is 0 Å². The second kappa shape index (κ2) is 5.48. The van der Waals surface area contributed by atoms with E-state index in [4.69, 9.17) is 4.52 Å². The zero-order valence-electron chi connectivity index (χ0n) is 13.4. The van der Waals surface area contributed by atoms with Crippen LogP contribution in [0.25, 0.3) is 0 Å². The predicted molar refractivity (Wildman–Crippen MR) is 85.2 cm³/mol. The van der Waals surface area contributed by atoms with Crippen molar-refractivity contribution in [3.05, 3.63) is 46.6 Å². The van der Waals surface area contributed by atoms with E-state index in [1.54, 1.807) is 0 Å². The first-order valence-corrected chi connectivity index (χ1v) is 8.43. The summed E-state index contributed by atoms with van der Waals surface area (Å²) in [6.45, 7) is 2.67. The van der Waals surface area contributed by atoms with Crippen LogP contribution < -0.4 is 5.32 Å². The van der Waals surface area contributed by atoms with Crippen molar-refractivity contribution in [1.29, 1.82) is 0 Å². The standard InChI is InChI=1S/C18H21N3O2/c1-2-18(8-9-19-16(18)22)17-20-15(21-23-17)11-12-6-7-13-4-3-5-14(13)10-12/h6-7,10H,2-5,8-9,11H2,1H3,(H,19,22). The Morgan fingerprint density at radius 1 is 1.30 bits per heavy atom. The molecule has 0 bridgehead atoms. The molecule has 5 heteroatoms. The van der Waals surface area contributed by atoms with Crippen molar-refractivity contribution >= 4 is 5.91 Å². The van der Waals surface area contributed by atoms with Crippen LogP contribution in [0.5, 0.6) is 0 Å². The van der Waals surface area contributed by atoms with Gasteiger partial charge in [-0.15, -0.1) is 0 Å². The van der Waals surface area contributed by atoms with Crippen LogP contribution in [0.4, 0.5) is 0 Å². The molecular weight excluding hydrogens is 290 g/mol. The molecule has 1 N–H and O–H groups in total. The van der Waals surface area contributed by atoms with Gasteiger partial charge in [-0.2, -0.15) is 4.98 Å². The smallest absolute Gasteiger partial charge is 0.242 e. The third-order valence-electron chi connectivity index (χ3n) is 5.28. The number of amides is 1. The lowest BCUT2D eigenvalue weighted by atomic mass is 9.83. The van der Waals surface area contributed by atoms with Crippen LogP contribution in [0, 0.1) is 0 Å². The summed E-state index contributed by atoms with van der Waals surface area (Å²) >= 11 is 0. The normalized spacial score (nSPS) is 23.1. The Balaban J connectivity index is 1.57. The maximum atomic E-state index is 12.2. The van der Waals surface area contributed by atoms with E-state index in [0.29, 0.717) is 31.1 Å². The number of nitrogens with one attached hydrogen (secondary N) is 1. The second-order valence-corrected chi connectivity index (χ2v) is 6.59. The number of hydrogen-bond acceptors (Lipinski definition) is 4. The van der Waals surface area contributed by atoms with Gasteiger partial charge in [0, 0.05) is 13.0 Å². The fourth-order valence-electron chi connectivity index (χ4n) is 3.80. The minimum absolute atomic E-state index is 0.00716. The Hall–Kier alpha value is -2.17. The SMILES string of the molecule is CCC1(c2nc(Cc3ccc4c(c3)CCC4)no2)CCNC1=O. The average molecular weight is 311 g/mol. The number of aryl methyl sites for hydroxylation is 2. The van der Waals surface area contributed by atoms with E-state index >= 15 is 0 Å². The Bertz CT molecular complexity index is 752. The molecule has 1 fully saturated rings. The van der Waals surface area contributed by atoms with Gasteiger partial charge in [0.25, 0.3) is 0 Å². The molecule has 1 unspecified atom stereocenters. The zero-order chi connectivity index (χ0) is 15.9. The van der Waals surface area contributed by atoms with E-state index in [1.165, 1.54) is 36.0 Å². The van der Waals surface area contributed by atoms with Gasteiger partial charge in [-0.05, 0) is 48.8 Å². The van der Waals surface area contributed by atoms with E-state index in [-0.39, 0.29) is 5.91 Å². The molecule has 2 aromatic rings. The molecule has 1 aromatic carbocycles. The van der Waals surface area contributed by atoms with Gasteiger partial charge in [0.15, 0.2) is 5.82 Å². The number of carbonyl (C=O) groups excluding carboxylic acids is 1. The van der Waals surface area contributed by atoms with Crippen LogP contribution in [0.15, 0.2) is 22.7 Å². The van der Waals surface area contributed by atoms with Gasteiger partial charge >= 0.3 is 0 Å². The number of carbonyl (C=O) groups is 1.